The summed E-state index contributed by atoms with van der Waals surface area (Å²) in [5.41, 5.74) is 2.13. The van der Waals surface area contributed by atoms with Crippen LogP contribution in [0.1, 0.15) is 31.2 Å². The molecule has 1 aliphatic heterocycles. The molecule has 0 N–H and O–H groups in total. The molecule has 8 heteroatoms. The number of hydrogen-bond acceptors (Lipinski definition) is 7. The zero-order chi connectivity index (χ0) is 23.2. The number of nitrogens with zero attached hydrogens (tertiary/aromatic N) is 4. The summed E-state index contributed by atoms with van der Waals surface area (Å²) >= 11 is 0. The van der Waals surface area contributed by atoms with E-state index >= 15 is 0 Å². The Bertz CT molecular complexity index is 1040. The molecule has 0 saturated carbocycles. The summed E-state index contributed by atoms with van der Waals surface area (Å²) in [4.78, 5) is 21.1. The lowest BCUT2D eigenvalue weighted by atomic mass is 10.0. The molecule has 4 rings (SSSR count). The predicted molar refractivity (Wildman–Crippen MR) is 124 cm³/mol. The van der Waals surface area contributed by atoms with Gasteiger partial charge in [-0.25, -0.2) is 0 Å². The molecule has 0 bridgehead atoms. The summed E-state index contributed by atoms with van der Waals surface area (Å²) in [6.45, 7) is 7.69. The summed E-state index contributed by atoms with van der Waals surface area (Å²) < 4.78 is 16.3. The molecule has 1 fully saturated rings. The first-order valence-corrected chi connectivity index (χ1v) is 11.2. The van der Waals surface area contributed by atoms with E-state index in [-0.39, 0.29) is 12.5 Å². The molecule has 0 aliphatic carbocycles. The smallest absolute Gasteiger partial charge is 0.260 e. The van der Waals surface area contributed by atoms with Crippen molar-refractivity contribution in [2.24, 2.45) is 0 Å². The molecule has 174 valence electrons. The molecule has 2 aromatic carbocycles. The molecule has 1 amide bonds. The zero-order valence-electron chi connectivity index (χ0n) is 19.4. The van der Waals surface area contributed by atoms with Crippen LogP contribution in [0.5, 0.6) is 11.5 Å². The highest BCUT2D eigenvalue weighted by atomic mass is 16.5. The number of ether oxygens (including phenoxy) is 2. The number of hydrogen-bond donors (Lipinski definition) is 0. The van der Waals surface area contributed by atoms with Crippen LogP contribution >= 0.6 is 0 Å². The second kappa shape index (κ2) is 10.5. The Morgan fingerprint density at radius 1 is 1.00 bits per heavy atom. The summed E-state index contributed by atoms with van der Waals surface area (Å²) in [5.74, 6) is 3.09. The van der Waals surface area contributed by atoms with Gasteiger partial charge < -0.3 is 18.9 Å². The van der Waals surface area contributed by atoms with Gasteiger partial charge in [-0.3, -0.25) is 9.69 Å². The molecular weight excluding hydrogens is 420 g/mol. The Morgan fingerprint density at radius 3 is 2.30 bits per heavy atom. The Labute approximate surface area is 194 Å². The van der Waals surface area contributed by atoms with Crippen molar-refractivity contribution in [2.75, 3.05) is 39.9 Å². The average Bonchev–Trinajstić information content (AvgIpc) is 3.31. The standard InChI is InChI=1S/C25H30N4O4/c1-18(2)19-4-10-22(11-5-19)32-17-24(30)29-14-12-28(13-15-29)16-23-26-25(27-33-23)20-6-8-21(31-3)9-7-20/h4-11,18H,12-17H2,1-3H3. The minimum absolute atomic E-state index is 0.00201. The van der Waals surface area contributed by atoms with Gasteiger partial charge in [0.2, 0.25) is 11.7 Å². The van der Waals surface area contributed by atoms with E-state index in [1.54, 1.807) is 7.11 Å². The molecule has 1 aromatic heterocycles. The monoisotopic (exact) mass is 450 g/mol. The van der Waals surface area contributed by atoms with Crippen LogP contribution < -0.4 is 9.47 Å². The quantitative estimate of drug-likeness (QED) is 0.519. The van der Waals surface area contributed by atoms with Gasteiger partial charge in [-0.2, -0.15) is 4.98 Å². The molecule has 3 aromatic rings. The third-order valence-corrected chi connectivity index (χ3v) is 5.81. The van der Waals surface area contributed by atoms with Crippen molar-refractivity contribution in [2.45, 2.75) is 26.3 Å². The lowest BCUT2D eigenvalue weighted by Crippen LogP contribution is -2.49. The lowest BCUT2D eigenvalue weighted by molar-refractivity contribution is -0.135. The van der Waals surface area contributed by atoms with Gasteiger partial charge in [0.25, 0.3) is 5.91 Å². The topological polar surface area (TPSA) is 80.9 Å². The first kappa shape index (κ1) is 22.8. The van der Waals surface area contributed by atoms with E-state index in [2.05, 4.69) is 28.9 Å². The van der Waals surface area contributed by atoms with Gasteiger partial charge in [-0.1, -0.05) is 31.1 Å². The second-order valence-electron chi connectivity index (χ2n) is 8.41. The van der Waals surface area contributed by atoms with E-state index in [4.69, 9.17) is 14.0 Å². The highest BCUT2D eigenvalue weighted by Crippen LogP contribution is 2.21. The minimum atomic E-state index is 0.00201. The average molecular weight is 451 g/mol. The highest BCUT2D eigenvalue weighted by Gasteiger charge is 2.23. The maximum absolute atomic E-state index is 12.6. The van der Waals surface area contributed by atoms with Gasteiger partial charge in [0.15, 0.2) is 6.61 Å². The number of rotatable bonds is 8. The lowest BCUT2D eigenvalue weighted by Gasteiger charge is -2.33. The van der Waals surface area contributed by atoms with E-state index in [1.807, 2.05) is 53.4 Å². The SMILES string of the molecule is COc1ccc(-c2noc(CN3CCN(C(=O)COc4ccc(C(C)C)cc4)CC3)n2)cc1. The van der Waals surface area contributed by atoms with Crippen LogP contribution in [0.15, 0.2) is 53.1 Å². The summed E-state index contributed by atoms with van der Waals surface area (Å²) in [5, 5.41) is 4.08. The molecule has 0 spiro atoms. The van der Waals surface area contributed by atoms with Crippen molar-refractivity contribution >= 4 is 5.91 Å². The Morgan fingerprint density at radius 2 is 1.67 bits per heavy atom. The van der Waals surface area contributed by atoms with Crippen LogP contribution in [-0.4, -0.2) is 65.7 Å². The number of benzene rings is 2. The Kier molecular flexibility index (Phi) is 7.24. The van der Waals surface area contributed by atoms with Crippen molar-refractivity contribution in [1.82, 2.24) is 19.9 Å². The van der Waals surface area contributed by atoms with Gasteiger partial charge >= 0.3 is 0 Å². The molecule has 8 nitrogen and oxygen atoms in total. The van der Waals surface area contributed by atoms with Crippen molar-refractivity contribution in [3.8, 4) is 22.9 Å². The van der Waals surface area contributed by atoms with Crippen LogP contribution in [0, 0.1) is 0 Å². The zero-order valence-corrected chi connectivity index (χ0v) is 19.4. The van der Waals surface area contributed by atoms with Crippen molar-refractivity contribution in [3.05, 3.63) is 60.0 Å². The van der Waals surface area contributed by atoms with E-state index in [1.165, 1.54) is 5.56 Å². The molecule has 0 radical (unpaired) electrons. The summed E-state index contributed by atoms with van der Waals surface area (Å²) in [6, 6.07) is 15.5. The Hall–Kier alpha value is -3.39. The predicted octanol–water partition coefficient (Wildman–Crippen LogP) is 3.59. The molecule has 0 unspecified atom stereocenters. The van der Waals surface area contributed by atoms with Crippen LogP contribution in [0.3, 0.4) is 0 Å². The van der Waals surface area contributed by atoms with E-state index in [0.29, 0.717) is 37.3 Å². The number of carbonyl (C=O) groups excluding carboxylic acids is 1. The number of amides is 1. The van der Waals surface area contributed by atoms with Crippen molar-refractivity contribution in [1.29, 1.82) is 0 Å². The van der Waals surface area contributed by atoms with Gasteiger partial charge in [-0.05, 0) is 47.9 Å². The fourth-order valence-electron chi connectivity index (χ4n) is 3.71. The fraction of sp³-hybridized carbons (Fsp3) is 0.400. The number of piperazine rings is 1. The van der Waals surface area contributed by atoms with Crippen LogP contribution in [0.2, 0.25) is 0 Å². The van der Waals surface area contributed by atoms with Crippen LogP contribution in [0.4, 0.5) is 0 Å². The third kappa shape index (κ3) is 5.90. The first-order valence-electron chi connectivity index (χ1n) is 11.2. The van der Waals surface area contributed by atoms with E-state index < -0.39 is 0 Å². The minimum Gasteiger partial charge on any atom is -0.497 e. The summed E-state index contributed by atoms with van der Waals surface area (Å²) in [6.07, 6.45) is 0. The number of aromatic nitrogens is 2. The van der Waals surface area contributed by atoms with Gasteiger partial charge in [-0.15, -0.1) is 0 Å². The first-order chi connectivity index (χ1) is 16.0. The summed E-state index contributed by atoms with van der Waals surface area (Å²) in [7, 11) is 1.63. The van der Waals surface area contributed by atoms with Gasteiger partial charge in [0, 0.05) is 31.7 Å². The second-order valence-corrected chi connectivity index (χ2v) is 8.41. The van der Waals surface area contributed by atoms with Crippen LogP contribution in [0.25, 0.3) is 11.4 Å². The normalized spacial score (nSPS) is 14.5. The third-order valence-electron chi connectivity index (χ3n) is 5.81. The molecule has 33 heavy (non-hydrogen) atoms. The number of carbonyl (C=O) groups is 1. The van der Waals surface area contributed by atoms with Crippen molar-refractivity contribution in [3.63, 3.8) is 0 Å². The van der Waals surface area contributed by atoms with Gasteiger partial charge in [0.1, 0.15) is 11.5 Å². The van der Waals surface area contributed by atoms with E-state index in [9.17, 15) is 4.79 Å². The molecule has 1 aliphatic rings. The fourth-order valence-corrected chi connectivity index (χ4v) is 3.71. The maximum atomic E-state index is 12.6. The van der Waals surface area contributed by atoms with E-state index in [0.717, 1.165) is 30.2 Å². The molecular formula is C25H30N4O4. The van der Waals surface area contributed by atoms with Crippen LogP contribution in [-0.2, 0) is 11.3 Å². The van der Waals surface area contributed by atoms with Crippen molar-refractivity contribution < 1.29 is 18.8 Å². The van der Waals surface area contributed by atoms with Gasteiger partial charge in [0.05, 0.1) is 13.7 Å². The molecule has 1 saturated heterocycles. The highest BCUT2D eigenvalue weighted by molar-refractivity contribution is 5.77. The molecule has 0 atom stereocenters. The Balaban J connectivity index is 1.22. The maximum Gasteiger partial charge on any atom is 0.260 e. The largest absolute Gasteiger partial charge is 0.497 e. The number of methoxy groups -OCH3 is 1. The molecule has 2 heterocycles.